The number of hydrogen-bond donors (Lipinski definition) is 1. The van der Waals surface area contributed by atoms with Crippen molar-refractivity contribution >= 4 is 0 Å². The number of ether oxygens (including phenoxy) is 2. The molecule has 0 radical (unpaired) electrons. The number of hydrogen-bond acceptors (Lipinski definition) is 4. The van der Waals surface area contributed by atoms with E-state index in [9.17, 15) is 5.11 Å². The maximum atomic E-state index is 10.2. The zero-order chi connectivity index (χ0) is 13.9. The second-order valence-corrected chi connectivity index (χ2v) is 5.49. The van der Waals surface area contributed by atoms with Crippen LogP contribution >= 0.6 is 0 Å². The second-order valence-electron chi connectivity index (χ2n) is 5.49. The Morgan fingerprint density at radius 1 is 1.32 bits per heavy atom. The summed E-state index contributed by atoms with van der Waals surface area (Å²) in [4.78, 5) is 2.26. The average Bonchev–Trinajstić information content (AvgIpc) is 2.37. The van der Waals surface area contributed by atoms with E-state index in [1.807, 2.05) is 25.1 Å². The van der Waals surface area contributed by atoms with Crippen molar-refractivity contribution in [1.29, 1.82) is 0 Å². The van der Waals surface area contributed by atoms with Crippen molar-refractivity contribution in [2.24, 2.45) is 0 Å². The summed E-state index contributed by atoms with van der Waals surface area (Å²) >= 11 is 0. The molecular weight excluding hydrogens is 242 g/mol. The SMILES string of the molecule is COc1ccc(OC)c(CN2CCCC(C)(O)C2)c1. The minimum atomic E-state index is -0.579. The van der Waals surface area contributed by atoms with E-state index in [0.717, 1.165) is 43.0 Å². The Bertz CT molecular complexity index is 431. The lowest BCUT2D eigenvalue weighted by molar-refractivity contribution is -0.0183. The van der Waals surface area contributed by atoms with Gasteiger partial charge in [-0.05, 0) is 44.5 Å². The van der Waals surface area contributed by atoms with Gasteiger partial charge < -0.3 is 14.6 Å². The van der Waals surface area contributed by atoms with E-state index >= 15 is 0 Å². The summed E-state index contributed by atoms with van der Waals surface area (Å²) in [5.41, 5.74) is 0.518. The molecule has 0 bridgehead atoms. The molecule has 4 heteroatoms. The Labute approximate surface area is 114 Å². The van der Waals surface area contributed by atoms with Gasteiger partial charge in [0.2, 0.25) is 0 Å². The molecule has 106 valence electrons. The number of likely N-dealkylation sites (tertiary alicyclic amines) is 1. The smallest absolute Gasteiger partial charge is 0.123 e. The van der Waals surface area contributed by atoms with Gasteiger partial charge in [-0.15, -0.1) is 0 Å². The third-order valence-electron chi connectivity index (χ3n) is 3.64. The second kappa shape index (κ2) is 5.80. The summed E-state index contributed by atoms with van der Waals surface area (Å²) in [6.45, 7) is 4.39. The first-order chi connectivity index (χ1) is 9.04. The van der Waals surface area contributed by atoms with Crippen LogP contribution in [0.4, 0.5) is 0 Å². The highest BCUT2D eigenvalue weighted by Crippen LogP contribution is 2.28. The minimum absolute atomic E-state index is 0.579. The molecule has 1 heterocycles. The number of piperidine rings is 1. The standard InChI is InChI=1S/C15H23NO3/c1-15(17)7-4-8-16(11-15)10-12-9-13(18-2)5-6-14(12)19-3/h5-6,9,17H,4,7-8,10-11H2,1-3H3. The highest BCUT2D eigenvalue weighted by molar-refractivity contribution is 5.40. The molecule has 1 aliphatic heterocycles. The van der Waals surface area contributed by atoms with E-state index < -0.39 is 5.60 Å². The number of β-amino-alcohol motifs (C(OH)–C–C–N with tert-alkyl or cyclic N) is 1. The fraction of sp³-hybridized carbons (Fsp3) is 0.600. The van der Waals surface area contributed by atoms with Gasteiger partial charge in [0.1, 0.15) is 11.5 Å². The first-order valence-electron chi connectivity index (χ1n) is 6.70. The molecule has 0 aromatic heterocycles. The van der Waals surface area contributed by atoms with Crippen LogP contribution in [0.2, 0.25) is 0 Å². The molecule has 0 aliphatic carbocycles. The molecule has 1 saturated heterocycles. The summed E-state index contributed by atoms with van der Waals surface area (Å²) < 4.78 is 10.7. The van der Waals surface area contributed by atoms with Gasteiger partial charge in [0, 0.05) is 18.7 Å². The van der Waals surface area contributed by atoms with E-state index in [0.29, 0.717) is 6.54 Å². The number of methoxy groups -OCH3 is 2. The average molecular weight is 265 g/mol. The van der Waals surface area contributed by atoms with Crippen LogP contribution in [-0.2, 0) is 6.54 Å². The van der Waals surface area contributed by atoms with Crippen LogP contribution in [0, 0.1) is 0 Å². The van der Waals surface area contributed by atoms with Crippen LogP contribution < -0.4 is 9.47 Å². The third-order valence-corrected chi connectivity index (χ3v) is 3.64. The number of aliphatic hydroxyl groups is 1. The molecule has 19 heavy (non-hydrogen) atoms. The topological polar surface area (TPSA) is 41.9 Å². The molecule has 1 atom stereocenters. The molecule has 0 saturated carbocycles. The van der Waals surface area contributed by atoms with Gasteiger partial charge in [-0.1, -0.05) is 0 Å². The van der Waals surface area contributed by atoms with Crippen LogP contribution in [0.15, 0.2) is 18.2 Å². The Balaban J connectivity index is 2.13. The fourth-order valence-electron chi connectivity index (χ4n) is 2.70. The zero-order valence-electron chi connectivity index (χ0n) is 12.0. The molecule has 1 unspecified atom stereocenters. The summed E-state index contributed by atoms with van der Waals surface area (Å²) in [7, 11) is 3.34. The Morgan fingerprint density at radius 3 is 2.74 bits per heavy atom. The number of nitrogens with zero attached hydrogens (tertiary/aromatic N) is 1. The maximum Gasteiger partial charge on any atom is 0.123 e. The summed E-state index contributed by atoms with van der Waals surface area (Å²) in [6, 6.07) is 5.83. The molecule has 1 aliphatic rings. The first kappa shape index (κ1) is 14.2. The lowest BCUT2D eigenvalue weighted by atomic mass is 9.95. The summed E-state index contributed by atoms with van der Waals surface area (Å²) in [6.07, 6.45) is 1.90. The van der Waals surface area contributed by atoms with E-state index in [1.54, 1.807) is 14.2 Å². The molecule has 2 rings (SSSR count). The van der Waals surface area contributed by atoms with Gasteiger partial charge in [0.15, 0.2) is 0 Å². The van der Waals surface area contributed by atoms with Crippen molar-refractivity contribution in [1.82, 2.24) is 4.90 Å². The Morgan fingerprint density at radius 2 is 2.11 bits per heavy atom. The third kappa shape index (κ3) is 3.61. The van der Waals surface area contributed by atoms with Crippen LogP contribution in [0.3, 0.4) is 0 Å². The fourth-order valence-corrected chi connectivity index (χ4v) is 2.70. The van der Waals surface area contributed by atoms with Crippen molar-refractivity contribution < 1.29 is 14.6 Å². The van der Waals surface area contributed by atoms with Gasteiger partial charge in [0.25, 0.3) is 0 Å². The molecule has 4 nitrogen and oxygen atoms in total. The van der Waals surface area contributed by atoms with E-state index in [2.05, 4.69) is 4.90 Å². The molecule has 1 aromatic carbocycles. The van der Waals surface area contributed by atoms with Crippen molar-refractivity contribution in [3.05, 3.63) is 23.8 Å². The van der Waals surface area contributed by atoms with Crippen molar-refractivity contribution in [3.8, 4) is 11.5 Å². The Kier molecular flexibility index (Phi) is 4.32. The molecule has 1 aromatic rings. The first-order valence-corrected chi connectivity index (χ1v) is 6.70. The van der Waals surface area contributed by atoms with Gasteiger partial charge >= 0.3 is 0 Å². The van der Waals surface area contributed by atoms with Gasteiger partial charge in [0.05, 0.1) is 19.8 Å². The van der Waals surface area contributed by atoms with Gasteiger partial charge in [-0.3, -0.25) is 4.90 Å². The predicted octanol–water partition coefficient (Wildman–Crippen LogP) is 2.05. The lowest BCUT2D eigenvalue weighted by Crippen LogP contribution is -2.45. The normalized spacial score (nSPS) is 24.2. The predicted molar refractivity (Wildman–Crippen MR) is 74.7 cm³/mol. The molecule has 1 N–H and O–H groups in total. The van der Waals surface area contributed by atoms with Crippen LogP contribution in [0.1, 0.15) is 25.3 Å². The number of rotatable bonds is 4. The summed E-state index contributed by atoms with van der Waals surface area (Å²) in [5.74, 6) is 1.70. The lowest BCUT2D eigenvalue weighted by Gasteiger charge is -2.37. The van der Waals surface area contributed by atoms with Crippen molar-refractivity contribution in [2.75, 3.05) is 27.3 Å². The monoisotopic (exact) mass is 265 g/mol. The highest BCUT2D eigenvalue weighted by atomic mass is 16.5. The van der Waals surface area contributed by atoms with E-state index in [-0.39, 0.29) is 0 Å². The molecule has 0 amide bonds. The van der Waals surface area contributed by atoms with Gasteiger partial charge in [-0.2, -0.15) is 0 Å². The summed E-state index contributed by atoms with van der Waals surface area (Å²) in [5, 5.41) is 10.2. The van der Waals surface area contributed by atoms with Crippen LogP contribution in [0.5, 0.6) is 11.5 Å². The highest BCUT2D eigenvalue weighted by Gasteiger charge is 2.28. The zero-order valence-corrected chi connectivity index (χ0v) is 12.0. The molecule has 1 fully saturated rings. The largest absolute Gasteiger partial charge is 0.497 e. The minimum Gasteiger partial charge on any atom is -0.497 e. The Hall–Kier alpha value is -1.26. The van der Waals surface area contributed by atoms with Crippen molar-refractivity contribution in [2.45, 2.75) is 31.9 Å². The van der Waals surface area contributed by atoms with Crippen LogP contribution in [-0.4, -0.2) is 42.9 Å². The molecule has 0 spiro atoms. The van der Waals surface area contributed by atoms with E-state index in [4.69, 9.17) is 9.47 Å². The van der Waals surface area contributed by atoms with Crippen molar-refractivity contribution in [3.63, 3.8) is 0 Å². The quantitative estimate of drug-likeness (QED) is 0.904. The van der Waals surface area contributed by atoms with E-state index in [1.165, 1.54) is 0 Å². The molecular formula is C15H23NO3. The van der Waals surface area contributed by atoms with Crippen LogP contribution in [0.25, 0.3) is 0 Å². The maximum absolute atomic E-state index is 10.2. The van der Waals surface area contributed by atoms with Gasteiger partial charge in [-0.25, -0.2) is 0 Å². The number of benzene rings is 1.